The molecule has 0 aliphatic carbocycles. The maximum atomic E-state index is 6.13. The van der Waals surface area contributed by atoms with Crippen LogP contribution in [0.1, 0.15) is 43.7 Å². The maximum absolute atomic E-state index is 6.13. The number of halogens is 1. The lowest BCUT2D eigenvalue weighted by Crippen LogP contribution is -2.33. The highest BCUT2D eigenvalue weighted by molar-refractivity contribution is 6.30. The Labute approximate surface area is 127 Å². The Morgan fingerprint density at radius 1 is 1.40 bits per heavy atom. The zero-order valence-corrected chi connectivity index (χ0v) is 12.9. The number of nitrogens with one attached hydrogen (secondary N) is 1. The van der Waals surface area contributed by atoms with E-state index < -0.39 is 0 Å². The van der Waals surface area contributed by atoms with Crippen molar-refractivity contribution in [3.63, 3.8) is 0 Å². The van der Waals surface area contributed by atoms with E-state index in [1.807, 2.05) is 12.1 Å². The molecule has 2 nitrogen and oxygen atoms in total. The summed E-state index contributed by atoms with van der Waals surface area (Å²) >= 11 is 6.13. The Bertz CT molecular complexity index is 488. The van der Waals surface area contributed by atoms with Crippen LogP contribution in [-0.4, -0.2) is 18.1 Å². The fraction of sp³-hybridized carbons (Fsp3) is 0.412. The topological polar surface area (TPSA) is 15.3 Å². The van der Waals surface area contributed by atoms with Crippen LogP contribution in [0.2, 0.25) is 5.02 Å². The van der Waals surface area contributed by atoms with Crippen molar-refractivity contribution in [2.75, 3.05) is 13.1 Å². The van der Waals surface area contributed by atoms with Gasteiger partial charge in [0.15, 0.2) is 0 Å². The molecule has 0 aromatic heterocycles. The normalized spacial score (nSPS) is 15.9. The second-order valence-electron chi connectivity index (χ2n) is 5.21. The minimum absolute atomic E-state index is 0.747. The van der Waals surface area contributed by atoms with E-state index in [1.54, 1.807) is 0 Å². The summed E-state index contributed by atoms with van der Waals surface area (Å²) in [7, 11) is 0. The summed E-state index contributed by atoms with van der Waals surface area (Å²) in [5.74, 6) is 0. The van der Waals surface area contributed by atoms with Crippen LogP contribution >= 0.6 is 11.6 Å². The summed E-state index contributed by atoms with van der Waals surface area (Å²) in [5, 5.41) is 2.97. The Morgan fingerprint density at radius 3 is 2.85 bits per heavy atom. The number of rotatable bonds is 6. The van der Waals surface area contributed by atoms with Crippen LogP contribution in [0.25, 0.3) is 11.8 Å². The molecule has 2 rings (SSSR count). The van der Waals surface area contributed by atoms with Gasteiger partial charge in [-0.3, -0.25) is 0 Å². The van der Waals surface area contributed by atoms with Crippen molar-refractivity contribution in [3.8, 4) is 0 Å². The van der Waals surface area contributed by atoms with Gasteiger partial charge in [0, 0.05) is 29.4 Å². The smallest absolute Gasteiger partial charge is 0.0497 e. The minimum Gasteiger partial charge on any atom is -0.319 e. The second kappa shape index (κ2) is 7.51. The molecular weight excluding hydrogens is 268 g/mol. The third-order valence-corrected chi connectivity index (χ3v) is 3.73. The lowest BCUT2D eigenvalue weighted by molar-refractivity contribution is 0.287. The number of hydrogen-bond donors (Lipinski definition) is 1. The summed E-state index contributed by atoms with van der Waals surface area (Å²) in [5.41, 5.74) is 6.57. The van der Waals surface area contributed by atoms with Crippen LogP contribution in [0.3, 0.4) is 0 Å². The molecule has 1 fully saturated rings. The summed E-state index contributed by atoms with van der Waals surface area (Å²) in [4.78, 5) is 0. The van der Waals surface area contributed by atoms with Crippen molar-refractivity contribution in [2.45, 2.75) is 32.6 Å². The highest BCUT2D eigenvalue weighted by Gasteiger charge is 2.13. The lowest BCUT2D eigenvalue weighted by Gasteiger charge is -2.21. The van der Waals surface area contributed by atoms with Gasteiger partial charge >= 0.3 is 0 Å². The summed E-state index contributed by atoms with van der Waals surface area (Å²) in [6.07, 6.45) is 9.11. The standard InChI is InChI=1S/C17H23ClN2/c1-3-4-5-8-15-9-10-16(18)13-17(15)14(2)19-20-11-6-7-12-20/h5,8-10,13,19H,2-4,6-7,11-12H2,1H3/b8-5+. The van der Waals surface area contributed by atoms with Gasteiger partial charge in [-0.05, 0) is 37.0 Å². The SMILES string of the molecule is C=C(NN1CCCC1)c1cc(Cl)ccc1/C=C/CCC. The molecule has 0 radical (unpaired) electrons. The van der Waals surface area contributed by atoms with Gasteiger partial charge in [0.2, 0.25) is 0 Å². The van der Waals surface area contributed by atoms with Gasteiger partial charge in [-0.15, -0.1) is 0 Å². The number of unbranched alkanes of at least 4 members (excludes halogenated alkanes) is 1. The van der Waals surface area contributed by atoms with E-state index in [9.17, 15) is 0 Å². The van der Waals surface area contributed by atoms with Gasteiger partial charge in [-0.2, -0.15) is 0 Å². The predicted molar refractivity (Wildman–Crippen MR) is 88.4 cm³/mol. The van der Waals surface area contributed by atoms with Crippen molar-refractivity contribution >= 4 is 23.4 Å². The molecule has 1 aromatic carbocycles. The molecule has 0 spiro atoms. The number of nitrogens with zero attached hydrogens (tertiary/aromatic N) is 1. The summed E-state index contributed by atoms with van der Waals surface area (Å²) in [6, 6.07) is 5.97. The number of allylic oxidation sites excluding steroid dienone is 1. The molecule has 1 aliphatic heterocycles. The van der Waals surface area contributed by atoms with Gasteiger partial charge in [0.1, 0.15) is 0 Å². The average Bonchev–Trinajstić information content (AvgIpc) is 2.93. The number of benzene rings is 1. The monoisotopic (exact) mass is 290 g/mol. The highest BCUT2D eigenvalue weighted by atomic mass is 35.5. The summed E-state index contributed by atoms with van der Waals surface area (Å²) < 4.78 is 0. The molecule has 1 saturated heterocycles. The Morgan fingerprint density at radius 2 is 2.15 bits per heavy atom. The maximum Gasteiger partial charge on any atom is 0.0497 e. The molecule has 20 heavy (non-hydrogen) atoms. The van der Waals surface area contributed by atoms with E-state index in [0.717, 1.165) is 42.2 Å². The predicted octanol–water partition coefficient (Wildman–Crippen LogP) is 4.72. The molecule has 3 heteroatoms. The fourth-order valence-corrected chi connectivity index (χ4v) is 2.56. The third-order valence-electron chi connectivity index (χ3n) is 3.49. The van der Waals surface area contributed by atoms with E-state index in [2.05, 4.69) is 42.2 Å². The molecule has 0 atom stereocenters. The van der Waals surface area contributed by atoms with Crippen LogP contribution in [0.4, 0.5) is 0 Å². The van der Waals surface area contributed by atoms with Crippen molar-refractivity contribution in [1.29, 1.82) is 0 Å². The zero-order valence-electron chi connectivity index (χ0n) is 12.2. The fourth-order valence-electron chi connectivity index (χ4n) is 2.39. The van der Waals surface area contributed by atoms with Crippen LogP contribution in [0.15, 0.2) is 30.9 Å². The van der Waals surface area contributed by atoms with Gasteiger partial charge < -0.3 is 5.43 Å². The van der Waals surface area contributed by atoms with E-state index >= 15 is 0 Å². The molecule has 1 heterocycles. The minimum atomic E-state index is 0.747. The van der Waals surface area contributed by atoms with E-state index in [-0.39, 0.29) is 0 Å². The first-order valence-corrected chi connectivity index (χ1v) is 7.75. The number of hydrogen-bond acceptors (Lipinski definition) is 2. The largest absolute Gasteiger partial charge is 0.319 e. The molecule has 1 aliphatic rings. The molecule has 1 N–H and O–H groups in total. The van der Waals surface area contributed by atoms with E-state index in [4.69, 9.17) is 11.6 Å². The lowest BCUT2D eigenvalue weighted by atomic mass is 10.0. The Hall–Kier alpha value is -1.25. The molecular formula is C17H23ClN2. The molecule has 108 valence electrons. The molecule has 0 unspecified atom stereocenters. The highest BCUT2D eigenvalue weighted by Crippen LogP contribution is 2.23. The van der Waals surface area contributed by atoms with Crippen molar-refractivity contribution in [2.24, 2.45) is 0 Å². The van der Waals surface area contributed by atoms with Gasteiger partial charge in [0.25, 0.3) is 0 Å². The van der Waals surface area contributed by atoms with Crippen molar-refractivity contribution in [1.82, 2.24) is 10.4 Å². The molecule has 0 saturated carbocycles. The number of hydrazine groups is 1. The first kappa shape index (κ1) is 15.1. The molecule has 1 aromatic rings. The van der Waals surface area contributed by atoms with Crippen LogP contribution < -0.4 is 5.43 Å². The quantitative estimate of drug-likeness (QED) is 0.815. The Kier molecular flexibility index (Phi) is 5.69. The summed E-state index contributed by atoms with van der Waals surface area (Å²) in [6.45, 7) is 8.52. The van der Waals surface area contributed by atoms with Crippen LogP contribution in [-0.2, 0) is 0 Å². The van der Waals surface area contributed by atoms with E-state index in [0.29, 0.717) is 0 Å². The molecule has 0 bridgehead atoms. The van der Waals surface area contributed by atoms with Crippen molar-refractivity contribution < 1.29 is 0 Å². The van der Waals surface area contributed by atoms with Crippen LogP contribution in [0, 0.1) is 0 Å². The van der Waals surface area contributed by atoms with Gasteiger partial charge in [-0.1, -0.05) is 49.7 Å². The van der Waals surface area contributed by atoms with Gasteiger partial charge in [-0.25, -0.2) is 5.01 Å². The molecule has 0 amide bonds. The zero-order chi connectivity index (χ0) is 14.4. The second-order valence-corrected chi connectivity index (χ2v) is 5.64. The van der Waals surface area contributed by atoms with Crippen molar-refractivity contribution in [3.05, 3.63) is 47.0 Å². The Balaban J connectivity index is 2.14. The van der Waals surface area contributed by atoms with E-state index in [1.165, 1.54) is 18.4 Å². The average molecular weight is 291 g/mol. The van der Waals surface area contributed by atoms with Crippen LogP contribution in [0.5, 0.6) is 0 Å². The third kappa shape index (κ3) is 4.12. The van der Waals surface area contributed by atoms with Gasteiger partial charge in [0.05, 0.1) is 0 Å². The first-order valence-electron chi connectivity index (χ1n) is 7.37. The first-order chi connectivity index (χ1) is 9.70.